The van der Waals surface area contributed by atoms with Gasteiger partial charge >= 0.3 is 6.09 Å². The summed E-state index contributed by atoms with van der Waals surface area (Å²) in [4.78, 5) is 15.8. The first kappa shape index (κ1) is 15.3. The number of amides is 1. The minimum absolute atomic E-state index is 0.0960. The average molecular weight is 302 g/mol. The van der Waals surface area contributed by atoms with Crippen LogP contribution in [0.4, 0.5) is 4.79 Å². The molecular weight excluding hydrogens is 276 g/mol. The molecule has 0 unspecified atom stereocenters. The molecule has 1 heterocycles. The Morgan fingerprint density at radius 3 is 2.41 bits per heavy atom. The molecule has 4 nitrogen and oxygen atoms in total. The Morgan fingerprint density at radius 1 is 1.27 bits per heavy atom. The van der Waals surface area contributed by atoms with Crippen LogP contribution < -0.4 is 0 Å². The average Bonchev–Trinajstić information content (AvgIpc) is 3.12. The quantitative estimate of drug-likeness (QED) is 0.929. The topological polar surface area (TPSA) is 43.8 Å². The number of carboxylic acid groups (broad SMARTS) is 1. The molecule has 1 atom stereocenters. The second-order valence-corrected chi connectivity index (χ2v) is 7.61. The molecule has 2 fully saturated rings. The monoisotopic (exact) mass is 302 g/mol. The van der Waals surface area contributed by atoms with E-state index in [4.69, 9.17) is 0 Å². The molecule has 1 saturated heterocycles. The molecule has 3 rings (SSSR count). The van der Waals surface area contributed by atoms with E-state index in [1.54, 1.807) is 4.90 Å². The van der Waals surface area contributed by atoms with Gasteiger partial charge in [0.25, 0.3) is 0 Å². The summed E-state index contributed by atoms with van der Waals surface area (Å²) < 4.78 is 0. The molecule has 22 heavy (non-hydrogen) atoms. The summed E-state index contributed by atoms with van der Waals surface area (Å²) >= 11 is 0. The predicted octanol–water partition coefficient (Wildman–Crippen LogP) is 3.53. The van der Waals surface area contributed by atoms with Crippen LogP contribution in [0.2, 0.25) is 0 Å². The molecule has 1 aliphatic carbocycles. The molecule has 120 valence electrons. The van der Waals surface area contributed by atoms with Gasteiger partial charge < -0.3 is 5.11 Å². The zero-order valence-electron chi connectivity index (χ0n) is 13.7. The standard InChI is InChI=1S/C18H26N2O2/c1-17(2,3)20(16(21)22)15-9-12-19(13-15)18(10-11-18)14-7-5-4-6-8-14/h4-8,15H,9-13H2,1-3H3,(H,21,22)/t15-/m0/s1. The summed E-state index contributed by atoms with van der Waals surface area (Å²) in [7, 11) is 0. The van der Waals surface area contributed by atoms with Gasteiger partial charge in [0.1, 0.15) is 0 Å². The van der Waals surface area contributed by atoms with Gasteiger partial charge in [-0.2, -0.15) is 0 Å². The first-order chi connectivity index (χ1) is 10.3. The van der Waals surface area contributed by atoms with E-state index in [0.29, 0.717) is 0 Å². The van der Waals surface area contributed by atoms with Crippen LogP contribution >= 0.6 is 0 Å². The minimum atomic E-state index is -0.802. The van der Waals surface area contributed by atoms with Crippen LogP contribution in [0.3, 0.4) is 0 Å². The van der Waals surface area contributed by atoms with E-state index in [2.05, 4.69) is 35.2 Å². The van der Waals surface area contributed by atoms with E-state index in [9.17, 15) is 9.90 Å². The number of benzene rings is 1. The smallest absolute Gasteiger partial charge is 0.408 e. The first-order valence-corrected chi connectivity index (χ1v) is 8.17. The molecule has 0 aromatic heterocycles. The Bertz CT molecular complexity index is 546. The molecule has 1 aromatic rings. The molecule has 0 radical (unpaired) electrons. The van der Waals surface area contributed by atoms with Gasteiger partial charge in [-0.25, -0.2) is 4.79 Å². The van der Waals surface area contributed by atoms with Gasteiger partial charge in [0.05, 0.1) is 0 Å². The van der Waals surface area contributed by atoms with Crippen molar-refractivity contribution < 1.29 is 9.90 Å². The number of hydrogen-bond donors (Lipinski definition) is 1. The Morgan fingerprint density at radius 2 is 1.91 bits per heavy atom. The number of hydrogen-bond acceptors (Lipinski definition) is 2. The van der Waals surface area contributed by atoms with Crippen LogP contribution in [0.1, 0.15) is 45.6 Å². The molecular formula is C18H26N2O2. The van der Waals surface area contributed by atoms with E-state index in [0.717, 1.165) is 19.5 Å². The lowest BCUT2D eigenvalue weighted by Crippen LogP contribution is -2.52. The van der Waals surface area contributed by atoms with E-state index in [1.807, 2.05) is 20.8 Å². The fraction of sp³-hybridized carbons (Fsp3) is 0.611. The van der Waals surface area contributed by atoms with Crippen molar-refractivity contribution in [1.29, 1.82) is 0 Å². The van der Waals surface area contributed by atoms with Gasteiger partial charge in [0.15, 0.2) is 0 Å². The summed E-state index contributed by atoms with van der Waals surface area (Å²) in [6.45, 7) is 7.77. The Kier molecular flexibility index (Phi) is 3.68. The third kappa shape index (κ3) is 2.60. The fourth-order valence-electron chi connectivity index (χ4n) is 3.99. The van der Waals surface area contributed by atoms with Crippen LogP contribution in [0.25, 0.3) is 0 Å². The molecule has 1 amide bonds. The second-order valence-electron chi connectivity index (χ2n) is 7.61. The number of carbonyl (C=O) groups is 1. The van der Waals surface area contributed by atoms with Crippen molar-refractivity contribution in [2.24, 2.45) is 0 Å². The molecule has 4 heteroatoms. The maximum absolute atomic E-state index is 11.7. The first-order valence-electron chi connectivity index (χ1n) is 8.17. The molecule has 1 aromatic carbocycles. The largest absolute Gasteiger partial charge is 0.465 e. The van der Waals surface area contributed by atoms with E-state index < -0.39 is 6.09 Å². The lowest BCUT2D eigenvalue weighted by atomic mass is 10.0. The number of nitrogens with zero attached hydrogens (tertiary/aromatic N) is 2. The highest BCUT2D eigenvalue weighted by molar-refractivity contribution is 5.66. The van der Waals surface area contributed by atoms with Gasteiger partial charge in [0.2, 0.25) is 0 Å². The van der Waals surface area contributed by atoms with E-state index >= 15 is 0 Å². The lowest BCUT2D eigenvalue weighted by molar-refractivity contribution is 0.0689. The van der Waals surface area contributed by atoms with Crippen LogP contribution in [0.5, 0.6) is 0 Å². The minimum Gasteiger partial charge on any atom is -0.465 e. The van der Waals surface area contributed by atoms with Crippen LogP contribution in [0, 0.1) is 0 Å². The van der Waals surface area contributed by atoms with Crippen LogP contribution in [-0.2, 0) is 5.54 Å². The van der Waals surface area contributed by atoms with Gasteiger partial charge in [-0.05, 0) is 45.6 Å². The van der Waals surface area contributed by atoms with Crippen molar-refractivity contribution in [2.75, 3.05) is 13.1 Å². The van der Waals surface area contributed by atoms with Crippen molar-refractivity contribution in [3.63, 3.8) is 0 Å². The van der Waals surface area contributed by atoms with Crippen molar-refractivity contribution in [2.45, 2.75) is 57.2 Å². The second kappa shape index (κ2) is 5.27. The van der Waals surface area contributed by atoms with Gasteiger partial charge in [-0.1, -0.05) is 30.3 Å². The molecule has 1 N–H and O–H groups in total. The highest BCUT2D eigenvalue weighted by Crippen LogP contribution is 2.52. The number of likely N-dealkylation sites (tertiary alicyclic amines) is 1. The Hall–Kier alpha value is -1.55. The van der Waals surface area contributed by atoms with Crippen LogP contribution in [0.15, 0.2) is 30.3 Å². The van der Waals surface area contributed by atoms with Gasteiger partial charge in [0, 0.05) is 30.2 Å². The third-order valence-electron chi connectivity index (χ3n) is 5.10. The summed E-state index contributed by atoms with van der Waals surface area (Å²) in [5.41, 5.74) is 1.20. The number of rotatable bonds is 3. The third-order valence-corrected chi connectivity index (χ3v) is 5.10. The summed E-state index contributed by atoms with van der Waals surface area (Å²) in [5, 5.41) is 9.60. The zero-order valence-corrected chi connectivity index (χ0v) is 13.7. The highest BCUT2D eigenvalue weighted by Gasteiger charge is 2.52. The fourth-order valence-corrected chi connectivity index (χ4v) is 3.99. The van der Waals surface area contributed by atoms with Crippen molar-refractivity contribution in [3.05, 3.63) is 35.9 Å². The predicted molar refractivity (Wildman–Crippen MR) is 86.9 cm³/mol. The molecule has 1 saturated carbocycles. The molecule has 2 aliphatic rings. The lowest BCUT2D eigenvalue weighted by Gasteiger charge is -2.38. The Labute approximate surface area is 132 Å². The molecule has 0 bridgehead atoms. The summed E-state index contributed by atoms with van der Waals surface area (Å²) in [5.74, 6) is 0. The summed E-state index contributed by atoms with van der Waals surface area (Å²) in [6.07, 6.45) is 2.50. The van der Waals surface area contributed by atoms with Crippen molar-refractivity contribution in [1.82, 2.24) is 9.80 Å². The Balaban J connectivity index is 1.77. The van der Waals surface area contributed by atoms with Gasteiger partial charge in [-0.3, -0.25) is 9.80 Å². The van der Waals surface area contributed by atoms with Crippen molar-refractivity contribution in [3.8, 4) is 0 Å². The normalized spacial score (nSPS) is 24.2. The highest BCUT2D eigenvalue weighted by atomic mass is 16.4. The summed E-state index contributed by atoms with van der Waals surface area (Å²) in [6, 6.07) is 10.8. The van der Waals surface area contributed by atoms with Crippen LogP contribution in [-0.4, -0.2) is 45.7 Å². The molecule has 1 aliphatic heterocycles. The zero-order chi connectivity index (χ0) is 16.0. The van der Waals surface area contributed by atoms with E-state index in [1.165, 1.54) is 18.4 Å². The maximum atomic E-state index is 11.7. The SMILES string of the molecule is CC(C)(C)N(C(=O)O)[C@H]1CCN(C2(c3ccccc3)CC2)C1. The van der Waals surface area contributed by atoms with Crippen molar-refractivity contribution >= 4 is 6.09 Å². The molecule has 0 spiro atoms. The van der Waals surface area contributed by atoms with Gasteiger partial charge in [-0.15, -0.1) is 0 Å². The van der Waals surface area contributed by atoms with E-state index in [-0.39, 0.29) is 17.1 Å². The maximum Gasteiger partial charge on any atom is 0.408 e.